The Morgan fingerprint density at radius 3 is 2.75 bits per heavy atom. The van der Waals surface area contributed by atoms with Crippen LogP contribution >= 0.6 is 34.3 Å². The Hall–Kier alpha value is -1.94. The van der Waals surface area contributed by atoms with E-state index < -0.39 is 15.9 Å². The molecule has 0 bridgehead atoms. The molecular formula is C14H8ClN3O3S3. The summed E-state index contributed by atoms with van der Waals surface area (Å²) in [6.45, 7) is 0. The molecular weight excluding hydrogens is 390 g/mol. The molecule has 0 radical (unpaired) electrons. The van der Waals surface area contributed by atoms with E-state index in [9.17, 15) is 13.2 Å². The Morgan fingerprint density at radius 1 is 1.25 bits per heavy atom. The lowest BCUT2D eigenvalue weighted by Crippen LogP contribution is -2.29. The zero-order valence-corrected chi connectivity index (χ0v) is 15.0. The van der Waals surface area contributed by atoms with E-state index in [4.69, 9.17) is 11.6 Å². The lowest BCUT2D eigenvalue weighted by Gasteiger charge is -2.05. The number of halogens is 1. The molecule has 6 nitrogen and oxygen atoms in total. The van der Waals surface area contributed by atoms with E-state index in [0.29, 0.717) is 9.85 Å². The van der Waals surface area contributed by atoms with Gasteiger partial charge >= 0.3 is 0 Å². The highest BCUT2D eigenvalue weighted by molar-refractivity contribution is 7.90. The average molecular weight is 398 g/mol. The van der Waals surface area contributed by atoms with Crippen molar-refractivity contribution >= 4 is 65.5 Å². The molecule has 0 unspecified atom stereocenters. The Bertz CT molecular complexity index is 1170. The molecule has 0 spiro atoms. The third-order valence-electron chi connectivity index (χ3n) is 3.31. The average Bonchev–Trinajstić information content (AvgIpc) is 3.18. The van der Waals surface area contributed by atoms with Gasteiger partial charge in [0.1, 0.15) is 4.83 Å². The fraction of sp³-hybridized carbons (Fsp3) is 0. The first-order chi connectivity index (χ1) is 11.4. The number of fused-ring (bicyclic) bond motifs is 3. The second-order valence-electron chi connectivity index (χ2n) is 4.86. The van der Waals surface area contributed by atoms with Gasteiger partial charge in [0.15, 0.2) is 4.96 Å². The van der Waals surface area contributed by atoms with E-state index in [1.165, 1.54) is 35.6 Å². The number of sulfonamides is 1. The molecule has 1 N–H and O–H groups in total. The number of thiophene rings is 1. The van der Waals surface area contributed by atoms with Gasteiger partial charge in [0.25, 0.3) is 15.9 Å². The number of hydrogen-bond donors (Lipinski definition) is 1. The molecule has 4 rings (SSSR count). The van der Waals surface area contributed by atoms with Crippen LogP contribution in [0.25, 0.3) is 15.3 Å². The molecule has 3 aromatic heterocycles. The summed E-state index contributed by atoms with van der Waals surface area (Å²) in [5.74, 6) is -0.683. The van der Waals surface area contributed by atoms with Crippen molar-refractivity contribution in [1.82, 2.24) is 14.1 Å². The Morgan fingerprint density at radius 2 is 2.00 bits per heavy atom. The minimum atomic E-state index is -3.95. The highest BCUT2D eigenvalue weighted by atomic mass is 35.5. The molecule has 1 amide bonds. The highest BCUT2D eigenvalue weighted by Crippen LogP contribution is 2.28. The molecule has 0 aliphatic carbocycles. The zero-order valence-electron chi connectivity index (χ0n) is 11.8. The molecule has 0 saturated carbocycles. The van der Waals surface area contributed by atoms with E-state index in [1.54, 1.807) is 6.07 Å². The maximum atomic E-state index is 12.3. The summed E-state index contributed by atoms with van der Waals surface area (Å²) in [4.78, 5) is 18.5. The second-order valence-corrected chi connectivity index (χ2v) is 8.88. The van der Waals surface area contributed by atoms with Crippen LogP contribution in [-0.4, -0.2) is 23.7 Å². The van der Waals surface area contributed by atoms with Crippen LogP contribution in [-0.2, 0) is 10.0 Å². The maximum absolute atomic E-state index is 12.3. The van der Waals surface area contributed by atoms with Crippen LogP contribution in [0.5, 0.6) is 0 Å². The number of carbonyl (C=O) groups excluding carboxylic acids is 1. The number of aromatic nitrogens is 2. The normalized spacial score (nSPS) is 12.0. The lowest BCUT2D eigenvalue weighted by molar-refractivity contribution is 0.0985. The Balaban J connectivity index is 1.65. The summed E-state index contributed by atoms with van der Waals surface area (Å²) in [6.07, 6.45) is 1.86. The number of amides is 1. The van der Waals surface area contributed by atoms with E-state index in [1.807, 2.05) is 16.0 Å². The molecule has 10 heteroatoms. The fourth-order valence-corrected chi connectivity index (χ4v) is 5.06. The van der Waals surface area contributed by atoms with Crippen LogP contribution in [0.15, 0.2) is 46.8 Å². The van der Waals surface area contributed by atoms with Crippen molar-refractivity contribution < 1.29 is 13.2 Å². The predicted octanol–water partition coefficient (Wildman–Crippen LogP) is 3.38. The van der Waals surface area contributed by atoms with Gasteiger partial charge in [-0.25, -0.2) is 18.1 Å². The summed E-state index contributed by atoms with van der Waals surface area (Å²) in [7, 11) is -3.95. The van der Waals surface area contributed by atoms with Crippen LogP contribution in [0.1, 0.15) is 9.67 Å². The maximum Gasteiger partial charge on any atom is 0.275 e. The van der Waals surface area contributed by atoms with Gasteiger partial charge in [0.2, 0.25) is 0 Å². The van der Waals surface area contributed by atoms with E-state index in [0.717, 1.165) is 21.8 Å². The summed E-state index contributed by atoms with van der Waals surface area (Å²) in [5, 5.41) is 2.31. The minimum Gasteiger partial charge on any atom is -0.289 e. The van der Waals surface area contributed by atoms with Gasteiger partial charge in [-0.05, 0) is 30.3 Å². The standard InChI is InChI=1S/C14H8ClN3O3S3/c15-8-1-3-9(4-2-8)24(20,21)17-12(19)11-7-10-13(23-11)16-14-18(10)5-6-22-14/h1-7H,(H,17,19). The molecule has 3 heterocycles. The monoisotopic (exact) mass is 397 g/mol. The molecule has 24 heavy (non-hydrogen) atoms. The summed E-state index contributed by atoms with van der Waals surface area (Å²) >= 11 is 8.39. The molecule has 4 aromatic rings. The topological polar surface area (TPSA) is 80.5 Å². The van der Waals surface area contributed by atoms with Gasteiger partial charge in [-0.2, -0.15) is 0 Å². The summed E-state index contributed by atoms with van der Waals surface area (Å²) < 4.78 is 28.5. The summed E-state index contributed by atoms with van der Waals surface area (Å²) in [5.41, 5.74) is 0.783. The van der Waals surface area contributed by atoms with E-state index in [-0.39, 0.29) is 9.77 Å². The first kappa shape index (κ1) is 15.6. The predicted molar refractivity (Wildman–Crippen MR) is 94.6 cm³/mol. The summed E-state index contributed by atoms with van der Waals surface area (Å²) in [6, 6.07) is 7.23. The van der Waals surface area contributed by atoms with Crippen LogP contribution in [0.2, 0.25) is 5.02 Å². The van der Waals surface area contributed by atoms with Gasteiger partial charge in [-0.1, -0.05) is 11.6 Å². The highest BCUT2D eigenvalue weighted by Gasteiger charge is 2.21. The number of thiazole rings is 1. The number of carbonyl (C=O) groups is 1. The molecule has 0 aliphatic heterocycles. The number of nitrogens with one attached hydrogen (secondary N) is 1. The Kier molecular flexibility index (Phi) is 3.61. The van der Waals surface area contributed by atoms with Crippen LogP contribution < -0.4 is 4.72 Å². The van der Waals surface area contributed by atoms with Crippen LogP contribution in [0.3, 0.4) is 0 Å². The first-order valence-electron chi connectivity index (χ1n) is 6.62. The van der Waals surface area contributed by atoms with Crippen molar-refractivity contribution in [2.45, 2.75) is 4.90 Å². The fourth-order valence-electron chi connectivity index (χ4n) is 2.20. The third kappa shape index (κ3) is 2.59. The second kappa shape index (κ2) is 5.55. The van der Waals surface area contributed by atoms with E-state index in [2.05, 4.69) is 9.71 Å². The van der Waals surface area contributed by atoms with Crippen molar-refractivity contribution in [2.24, 2.45) is 0 Å². The third-order valence-corrected chi connectivity index (χ3v) is 6.69. The lowest BCUT2D eigenvalue weighted by atomic mass is 10.4. The minimum absolute atomic E-state index is 0.0245. The molecule has 0 saturated heterocycles. The van der Waals surface area contributed by atoms with Gasteiger partial charge in [-0.3, -0.25) is 9.20 Å². The quantitative estimate of drug-likeness (QED) is 0.574. The van der Waals surface area contributed by atoms with Crippen LogP contribution in [0, 0.1) is 0 Å². The van der Waals surface area contributed by atoms with Crippen molar-refractivity contribution in [3.8, 4) is 0 Å². The number of benzene rings is 1. The van der Waals surface area contributed by atoms with Crippen LogP contribution in [0.4, 0.5) is 0 Å². The first-order valence-corrected chi connectivity index (χ1v) is 10.2. The van der Waals surface area contributed by atoms with Crippen molar-refractivity contribution in [3.63, 3.8) is 0 Å². The largest absolute Gasteiger partial charge is 0.289 e. The van der Waals surface area contributed by atoms with Gasteiger partial charge in [0, 0.05) is 16.6 Å². The smallest absolute Gasteiger partial charge is 0.275 e. The number of nitrogens with zero attached hydrogens (tertiary/aromatic N) is 2. The molecule has 122 valence electrons. The molecule has 0 fully saturated rings. The van der Waals surface area contributed by atoms with Crippen molar-refractivity contribution in [1.29, 1.82) is 0 Å². The number of rotatable bonds is 3. The molecule has 0 atom stereocenters. The Labute approximate surface area is 149 Å². The van der Waals surface area contributed by atoms with E-state index >= 15 is 0 Å². The van der Waals surface area contributed by atoms with Gasteiger partial charge < -0.3 is 0 Å². The molecule has 1 aromatic carbocycles. The van der Waals surface area contributed by atoms with Crippen molar-refractivity contribution in [3.05, 3.63) is 51.8 Å². The number of imidazole rings is 1. The molecule has 0 aliphatic rings. The van der Waals surface area contributed by atoms with Gasteiger partial charge in [0.05, 0.1) is 15.3 Å². The SMILES string of the molecule is O=C(NS(=O)(=O)c1ccc(Cl)cc1)c1cc2c(nc3sccn32)s1. The van der Waals surface area contributed by atoms with Crippen molar-refractivity contribution in [2.75, 3.05) is 0 Å². The van der Waals surface area contributed by atoms with Gasteiger partial charge in [-0.15, -0.1) is 22.7 Å². The number of hydrogen-bond acceptors (Lipinski definition) is 6. The zero-order chi connectivity index (χ0) is 16.9.